The summed E-state index contributed by atoms with van der Waals surface area (Å²) < 4.78 is 22.8. The van der Waals surface area contributed by atoms with Crippen LogP contribution >= 0.6 is 11.6 Å². The third-order valence-corrected chi connectivity index (χ3v) is 4.86. The van der Waals surface area contributed by atoms with E-state index in [1.54, 1.807) is 12.1 Å². The second-order valence-electron chi connectivity index (χ2n) is 6.60. The summed E-state index contributed by atoms with van der Waals surface area (Å²) in [5.74, 6) is -0.941. The fraction of sp³-hybridized carbons (Fsp3) is 0.211. The van der Waals surface area contributed by atoms with Crippen molar-refractivity contribution in [2.75, 3.05) is 0 Å². The zero-order valence-electron chi connectivity index (χ0n) is 15.7. The molecule has 0 fully saturated rings. The van der Waals surface area contributed by atoms with E-state index in [4.69, 9.17) is 16.0 Å². The summed E-state index contributed by atoms with van der Waals surface area (Å²) >= 11 is 5.79. The molecule has 0 N–H and O–H groups in total. The number of halogens is 2. The monoisotopic (exact) mass is 431 g/mol. The Morgan fingerprint density at radius 2 is 1.87 bits per heavy atom. The first kappa shape index (κ1) is 19.8. The minimum atomic E-state index is -1.50. The summed E-state index contributed by atoms with van der Waals surface area (Å²) in [6, 6.07) is 8.90. The summed E-state index contributed by atoms with van der Waals surface area (Å²) in [6.07, 6.45) is -0.239. The SMILES string of the molecule is Cn1c(=O)ccc2ncn(Cc3nn(CC(F)c4ccc(Cl)cc4)c(=O)o3)c(=O)c21. The van der Waals surface area contributed by atoms with Crippen molar-refractivity contribution < 1.29 is 8.81 Å². The molecule has 1 atom stereocenters. The molecule has 4 rings (SSSR count). The molecule has 0 aliphatic rings. The van der Waals surface area contributed by atoms with Gasteiger partial charge in [-0.1, -0.05) is 23.7 Å². The highest BCUT2D eigenvalue weighted by atomic mass is 35.5. The average Bonchev–Trinajstić information content (AvgIpc) is 3.06. The maximum atomic E-state index is 14.5. The van der Waals surface area contributed by atoms with Crippen LogP contribution in [-0.4, -0.2) is 23.9 Å². The highest BCUT2D eigenvalue weighted by Gasteiger charge is 2.17. The van der Waals surface area contributed by atoms with Gasteiger partial charge in [-0.15, -0.1) is 5.10 Å². The van der Waals surface area contributed by atoms with Crippen molar-refractivity contribution >= 4 is 22.6 Å². The zero-order chi connectivity index (χ0) is 21.4. The number of hydrogen-bond acceptors (Lipinski definition) is 6. The van der Waals surface area contributed by atoms with Crippen molar-refractivity contribution in [3.63, 3.8) is 0 Å². The molecule has 1 aromatic carbocycles. The summed E-state index contributed by atoms with van der Waals surface area (Å²) in [4.78, 5) is 40.7. The number of hydrogen-bond donors (Lipinski definition) is 0. The van der Waals surface area contributed by atoms with Gasteiger partial charge in [-0.2, -0.15) is 4.68 Å². The second-order valence-corrected chi connectivity index (χ2v) is 7.04. The van der Waals surface area contributed by atoms with Crippen molar-refractivity contribution in [1.29, 1.82) is 0 Å². The standard InChI is InChI=1S/C19H15ClFN5O4/c1-24-16(27)7-6-14-17(24)18(28)25(10-22-14)9-15-23-26(19(29)30-15)8-13(21)11-2-4-12(20)5-3-11/h2-7,10,13H,8-9H2,1H3. The lowest BCUT2D eigenvalue weighted by Crippen LogP contribution is -2.28. The number of nitrogens with zero attached hydrogens (tertiary/aromatic N) is 5. The van der Waals surface area contributed by atoms with E-state index in [9.17, 15) is 18.8 Å². The van der Waals surface area contributed by atoms with Gasteiger partial charge in [0.1, 0.15) is 18.2 Å². The first-order valence-corrected chi connectivity index (χ1v) is 9.23. The van der Waals surface area contributed by atoms with E-state index in [-0.39, 0.29) is 30.1 Å². The van der Waals surface area contributed by atoms with Crippen LogP contribution in [0.15, 0.2) is 61.5 Å². The van der Waals surface area contributed by atoms with Crippen molar-refractivity contribution in [3.05, 3.63) is 90.5 Å². The van der Waals surface area contributed by atoms with Crippen LogP contribution in [0.2, 0.25) is 5.02 Å². The van der Waals surface area contributed by atoms with Gasteiger partial charge < -0.3 is 8.98 Å². The van der Waals surface area contributed by atoms with Crippen LogP contribution in [0.3, 0.4) is 0 Å². The topological polar surface area (TPSA) is 105 Å². The van der Waals surface area contributed by atoms with Crippen molar-refractivity contribution in [2.24, 2.45) is 7.05 Å². The van der Waals surface area contributed by atoms with Crippen LogP contribution < -0.4 is 16.9 Å². The van der Waals surface area contributed by atoms with Crippen LogP contribution in [0.25, 0.3) is 11.0 Å². The Balaban J connectivity index is 1.61. The number of fused-ring (bicyclic) bond motifs is 1. The van der Waals surface area contributed by atoms with Crippen LogP contribution in [0, 0.1) is 0 Å². The molecule has 0 radical (unpaired) electrons. The molecule has 0 amide bonds. The minimum Gasteiger partial charge on any atom is -0.390 e. The zero-order valence-corrected chi connectivity index (χ0v) is 16.4. The van der Waals surface area contributed by atoms with Gasteiger partial charge in [-0.25, -0.2) is 14.2 Å². The van der Waals surface area contributed by atoms with Gasteiger partial charge in [0.15, 0.2) is 0 Å². The molecule has 11 heteroatoms. The Morgan fingerprint density at radius 1 is 1.13 bits per heavy atom. The van der Waals surface area contributed by atoms with E-state index in [2.05, 4.69) is 10.1 Å². The molecule has 1 unspecified atom stereocenters. The predicted molar refractivity (Wildman–Crippen MR) is 106 cm³/mol. The Kier molecular flexibility index (Phi) is 5.08. The van der Waals surface area contributed by atoms with E-state index in [1.807, 2.05) is 0 Å². The van der Waals surface area contributed by atoms with E-state index in [0.717, 1.165) is 9.25 Å². The molecular formula is C19H15ClFN5O4. The van der Waals surface area contributed by atoms with Crippen LogP contribution in [-0.2, 0) is 20.1 Å². The summed E-state index contributed by atoms with van der Waals surface area (Å²) in [7, 11) is 1.46. The van der Waals surface area contributed by atoms with Gasteiger partial charge >= 0.3 is 5.76 Å². The lowest BCUT2D eigenvalue weighted by molar-refractivity contribution is 0.283. The fourth-order valence-electron chi connectivity index (χ4n) is 3.02. The average molecular weight is 432 g/mol. The fourth-order valence-corrected chi connectivity index (χ4v) is 3.14. The van der Waals surface area contributed by atoms with E-state index >= 15 is 0 Å². The number of aromatic nitrogens is 5. The Labute approximate surface area is 172 Å². The summed E-state index contributed by atoms with van der Waals surface area (Å²) in [5, 5.41) is 4.44. The van der Waals surface area contributed by atoms with Gasteiger partial charge in [0, 0.05) is 18.1 Å². The van der Waals surface area contributed by atoms with E-state index < -0.39 is 17.5 Å². The molecule has 0 aliphatic heterocycles. The third kappa shape index (κ3) is 3.69. The van der Waals surface area contributed by atoms with E-state index in [1.165, 1.54) is 42.2 Å². The molecule has 3 aromatic heterocycles. The first-order chi connectivity index (χ1) is 14.3. The lowest BCUT2D eigenvalue weighted by Gasteiger charge is -2.07. The van der Waals surface area contributed by atoms with Crippen LogP contribution in [0.1, 0.15) is 17.6 Å². The molecule has 3 heterocycles. The van der Waals surface area contributed by atoms with Crippen molar-refractivity contribution in [3.8, 4) is 0 Å². The van der Waals surface area contributed by atoms with Crippen LogP contribution in [0.5, 0.6) is 0 Å². The quantitative estimate of drug-likeness (QED) is 0.476. The molecule has 9 nitrogen and oxygen atoms in total. The predicted octanol–water partition coefficient (Wildman–Crippen LogP) is 1.66. The number of rotatable bonds is 5. The highest BCUT2D eigenvalue weighted by molar-refractivity contribution is 6.30. The van der Waals surface area contributed by atoms with Gasteiger partial charge in [0.2, 0.25) is 5.89 Å². The molecule has 0 bridgehead atoms. The minimum absolute atomic E-state index is 0.0903. The molecule has 0 aliphatic carbocycles. The lowest BCUT2D eigenvalue weighted by atomic mass is 10.1. The molecule has 0 spiro atoms. The van der Waals surface area contributed by atoms with Gasteiger partial charge in [0.05, 0.1) is 18.4 Å². The number of alkyl halides is 1. The Hall–Kier alpha value is -3.53. The third-order valence-electron chi connectivity index (χ3n) is 4.61. The maximum absolute atomic E-state index is 14.5. The normalized spacial score (nSPS) is 12.4. The van der Waals surface area contributed by atoms with Gasteiger partial charge in [-0.05, 0) is 23.8 Å². The Bertz CT molecular complexity index is 1400. The summed E-state index contributed by atoms with van der Waals surface area (Å²) in [6.45, 7) is -0.561. The number of aryl methyl sites for hydroxylation is 1. The van der Waals surface area contributed by atoms with Crippen molar-refractivity contribution in [1.82, 2.24) is 23.9 Å². The van der Waals surface area contributed by atoms with Gasteiger partial charge in [0.25, 0.3) is 11.1 Å². The second kappa shape index (κ2) is 7.71. The summed E-state index contributed by atoms with van der Waals surface area (Å²) in [5.41, 5.74) is -0.0494. The number of pyridine rings is 1. The Morgan fingerprint density at radius 3 is 2.60 bits per heavy atom. The molecule has 30 heavy (non-hydrogen) atoms. The number of benzene rings is 1. The largest absolute Gasteiger partial charge is 0.437 e. The molecule has 0 saturated heterocycles. The van der Waals surface area contributed by atoms with Crippen LogP contribution in [0.4, 0.5) is 4.39 Å². The first-order valence-electron chi connectivity index (χ1n) is 8.85. The molecular weight excluding hydrogens is 417 g/mol. The van der Waals surface area contributed by atoms with Gasteiger partial charge in [-0.3, -0.25) is 14.2 Å². The highest BCUT2D eigenvalue weighted by Crippen LogP contribution is 2.20. The molecule has 4 aromatic rings. The molecule has 154 valence electrons. The maximum Gasteiger partial charge on any atom is 0.437 e. The molecule has 0 saturated carbocycles. The smallest absolute Gasteiger partial charge is 0.390 e. The van der Waals surface area contributed by atoms with E-state index in [0.29, 0.717) is 16.1 Å². The van der Waals surface area contributed by atoms with Crippen molar-refractivity contribution in [2.45, 2.75) is 19.3 Å².